The van der Waals surface area contributed by atoms with Crippen molar-refractivity contribution in [1.29, 1.82) is 0 Å². The average Bonchev–Trinajstić information content (AvgIpc) is 1.78. The number of carbonyl (C=O) groups is 1. The predicted molar refractivity (Wildman–Crippen MR) is 54.5 cm³/mol. The van der Waals surface area contributed by atoms with Gasteiger partial charge in [0.1, 0.15) is 0 Å². The Morgan fingerprint density at radius 2 is 2.08 bits per heavy atom. The monoisotopic (exact) mass is 188 g/mol. The van der Waals surface area contributed by atoms with Gasteiger partial charge in [0.2, 0.25) is 0 Å². The molecule has 12 heavy (non-hydrogen) atoms. The number of nitrogens with zero attached hydrogens (tertiary/aromatic N) is 1. The van der Waals surface area contributed by atoms with Crippen LogP contribution in [0, 0.1) is 0 Å². The molecule has 1 fully saturated rings. The lowest BCUT2D eigenvalue weighted by Crippen LogP contribution is -2.53. The fraction of sp³-hybridized carbons (Fsp3) is 0.750. The highest BCUT2D eigenvalue weighted by Gasteiger charge is 2.40. The fourth-order valence-electron chi connectivity index (χ4n) is 1.09. The molecule has 0 saturated heterocycles. The summed E-state index contributed by atoms with van der Waals surface area (Å²) in [5.41, 5.74) is 5.16. The number of rotatable bonds is 1. The highest BCUT2D eigenvalue weighted by molar-refractivity contribution is 8.01. The van der Waals surface area contributed by atoms with Crippen molar-refractivity contribution in [3.63, 3.8) is 0 Å². The number of carbonyl (C=O) groups excluding carboxylic acids is 1. The summed E-state index contributed by atoms with van der Waals surface area (Å²) in [5.74, 6) is 3.67. The summed E-state index contributed by atoms with van der Waals surface area (Å²) >= 11 is 0. The van der Waals surface area contributed by atoms with Crippen molar-refractivity contribution < 1.29 is 4.79 Å². The normalized spacial score (nSPS) is 21.2. The molecule has 0 radical (unpaired) electrons. The molecule has 70 valence electrons. The molecule has 0 heterocycles. The van der Waals surface area contributed by atoms with Gasteiger partial charge in [0, 0.05) is 0 Å². The van der Waals surface area contributed by atoms with Gasteiger partial charge in [-0.25, -0.2) is 0 Å². The maximum Gasteiger partial charge on any atom is 0.271 e. The molecule has 0 aromatic rings. The average molecular weight is 188 g/mol. The third-order valence-electron chi connectivity index (χ3n) is 2.00. The Kier molecular flexibility index (Phi) is 2.31. The number of hydrogen-bond acceptors (Lipinski definition) is 2. The molecule has 3 nitrogen and oxygen atoms in total. The Morgan fingerprint density at radius 3 is 2.33 bits per heavy atom. The second-order valence-corrected chi connectivity index (χ2v) is 7.03. The number of nitrogens with two attached hydrogens (primary N) is 1. The highest BCUT2D eigenvalue weighted by atomic mass is 32.2. The first-order valence-electron chi connectivity index (χ1n) is 3.96. The van der Waals surface area contributed by atoms with Crippen LogP contribution in [0.5, 0.6) is 0 Å². The van der Waals surface area contributed by atoms with Crippen LogP contribution in [-0.4, -0.2) is 29.8 Å². The zero-order valence-corrected chi connectivity index (χ0v) is 8.49. The maximum absolute atomic E-state index is 11.5. The topological polar surface area (TPSA) is 55.5 Å². The summed E-state index contributed by atoms with van der Waals surface area (Å²) in [4.78, 5) is 11.5. The minimum atomic E-state index is -1.34. The summed E-state index contributed by atoms with van der Waals surface area (Å²) in [5, 5.41) is 0. The largest absolute Gasteiger partial charge is 0.317 e. The zero-order chi connectivity index (χ0) is 9.41. The molecule has 0 atom stereocenters. The van der Waals surface area contributed by atoms with Gasteiger partial charge < -0.3 is 5.73 Å². The number of hydrogen-bond donors (Lipinski definition) is 1. The van der Waals surface area contributed by atoms with Crippen LogP contribution in [0.15, 0.2) is 4.36 Å². The molecule has 1 aliphatic carbocycles. The van der Waals surface area contributed by atoms with Crippen molar-refractivity contribution in [1.82, 2.24) is 0 Å². The summed E-state index contributed by atoms with van der Waals surface area (Å²) in [6, 6.07) is 0. The van der Waals surface area contributed by atoms with Crippen molar-refractivity contribution in [3.05, 3.63) is 0 Å². The predicted octanol–water partition coefficient (Wildman–Crippen LogP) is 0.424. The van der Waals surface area contributed by atoms with Gasteiger partial charge in [-0.2, -0.15) is 4.36 Å². The van der Waals surface area contributed by atoms with Crippen LogP contribution in [0.1, 0.15) is 19.3 Å². The molecule has 0 spiro atoms. The third kappa shape index (κ3) is 2.08. The Labute approximate surface area is 74.0 Å². The second-order valence-electron chi connectivity index (χ2n) is 3.89. The molecule has 0 aliphatic heterocycles. The van der Waals surface area contributed by atoms with Crippen LogP contribution in [0.3, 0.4) is 0 Å². The van der Waals surface area contributed by atoms with Crippen molar-refractivity contribution in [2.75, 3.05) is 12.5 Å². The Morgan fingerprint density at radius 1 is 1.58 bits per heavy atom. The lowest BCUT2D eigenvalue weighted by Gasteiger charge is -2.34. The van der Waals surface area contributed by atoms with Crippen molar-refractivity contribution in [3.8, 4) is 0 Å². The van der Waals surface area contributed by atoms with Crippen LogP contribution in [0.4, 0.5) is 0 Å². The molecule has 1 aliphatic rings. The lowest BCUT2D eigenvalue weighted by molar-refractivity contribution is -0.125. The summed E-state index contributed by atoms with van der Waals surface area (Å²) < 4.78 is 4.01. The van der Waals surface area contributed by atoms with Crippen LogP contribution in [-0.2, 0) is 14.2 Å². The molecule has 4 heteroatoms. The number of amides is 1. The highest BCUT2D eigenvalue weighted by Crippen LogP contribution is 2.30. The van der Waals surface area contributed by atoms with E-state index in [1.54, 1.807) is 0 Å². The minimum absolute atomic E-state index is 0.149. The Balaban J connectivity index is 2.80. The van der Waals surface area contributed by atoms with Gasteiger partial charge in [0.05, 0.1) is 5.54 Å². The van der Waals surface area contributed by atoms with E-state index in [2.05, 4.69) is 10.2 Å². The summed E-state index contributed by atoms with van der Waals surface area (Å²) in [6.07, 6.45) is 6.38. The van der Waals surface area contributed by atoms with Gasteiger partial charge in [-0.15, -0.1) is 9.41 Å². The standard InChI is InChI=1S/C8H16N2OS/c1-12(2,3)10-7(11)8(9)5-4-6-8/h1,4-6,9H2,2-3H3. The van der Waals surface area contributed by atoms with Crippen molar-refractivity contribution >= 4 is 21.2 Å². The molecule has 1 amide bonds. The van der Waals surface area contributed by atoms with E-state index in [1.165, 1.54) is 0 Å². The van der Waals surface area contributed by atoms with Crippen LogP contribution < -0.4 is 5.73 Å². The van der Waals surface area contributed by atoms with E-state index in [9.17, 15) is 4.79 Å². The van der Waals surface area contributed by atoms with Crippen molar-refractivity contribution in [2.45, 2.75) is 24.8 Å². The molecule has 2 N–H and O–H groups in total. The smallest absolute Gasteiger partial charge is 0.271 e. The lowest BCUT2D eigenvalue weighted by atomic mass is 9.77. The van der Waals surface area contributed by atoms with E-state index >= 15 is 0 Å². The molecule has 0 unspecified atom stereocenters. The molecule has 0 aromatic heterocycles. The molecular weight excluding hydrogens is 172 g/mol. The van der Waals surface area contributed by atoms with E-state index in [0.717, 1.165) is 19.3 Å². The Bertz CT molecular complexity index is 301. The van der Waals surface area contributed by atoms with Gasteiger partial charge in [-0.05, 0) is 31.8 Å². The quantitative estimate of drug-likeness (QED) is 0.606. The van der Waals surface area contributed by atoms with Crippen molar-refractivity contribution in [2.24, 2.45) is 10.1 Å². The van der Waals surface area contributed by atoms with E-state index in [0.29, 0.717) is 0 Å². The third-order valence-corrected chi connectivity index (χ3v) is 2.66. The molecule has 1 saturated carbocycles. The fourth-order valence-corrected chi connectivity index (χ4v) is 1.72. The van der Waals surface area contributed by atoms with E-state index in [4.69, 9.17) is 5.73 Å². The Hall–Kier alpha value is -0.350. The van der Waals surface area contributed by atoms with Gasteiger partial charge in [-0.1, -0.05) is 5.87 Å². The zero-order valence-electron chi connectivity index (χ0n) is 7.67. The van der Waals surface area contributed by atoms with E-state index < -0.39 is 15.0 Å². The van der Waals surface area contributed by atoms with Gasteiger partial charge in [0.15, 0.2) is 0 Å². The van der Waals surface area contributed by atoms with Gasteiger partial charge in [0.25, 0.3) is 5.91 Å². The van der Waals surface area contributed by atoms with Crippen LogP contribution in [0.25, 0.3) is 0 Å². The van der Waals surface area contributed by atoms with Gasteiger partial charge >= 0.3 is 0 Å². The van der Waals surface area contributed by atoms with E-state index in [1.807, 2.05) is 12.5 Å². The first-order valence-corrected chi connectivity index (χ1v) is 6.54. The SMILES string of the molecule is C=S(C)(C)=NC(=O)C1(N)CCC1. The summed E-state index contributed by atoms with van der Waals surface area (Å²) in [6.45, 7) is 0. The first kappa shape index (κ1) is 9.74. The van der Waals surface area contributed by atoms with Gasteiger partial charge in [-0.3, -0.25) is 4.79 Å². The maximum atomic E-state index is 11.5. The molecule has 1 rings (SSSR count). The second kappa shape index (κ2) is 2.85. The summed E-state index contributed by atoms with van der Waals surface area (Å²) in [7, 11) is -1.34. The molecular formula is C8H16N2OS. The molecule has 0 bridgehead atoms. The van der Waals surface area contributed by atoms with Crippen LogP contribution in [0.2, 0.25) is 0 Å². The first-order chi connectivity index (χ1) is 5.33. The van der Waals surface area contributed by atoms with E-state index in [-0.39, 0.29) is 5.91 Å². The molecule has 0 aromatic carbocycles. The minimum Gasteiger partial charge on any atom is -0.317 e. The van der Waals surface area contributed by atoms with Crippen LogP contribution >= 0.6 is 0 Å².